The molecule has 0 unspecified atom stereocenters. The van der Waals surface area contributed by atoms with Gasteiger partial charge in [-0.05, 0) is 49.9 Å². The zero-order chi connectivity index (χ0) is 14.3. The number of fused-ring (bicyclic) bond motifs is 1. The van der Waals surface area contributed by atoms with Crippen molar-refractivity contribution in [3.05, 3.63) is 27.7 Å². The predicted octanol–water partition coefficient (Wildman–Crippen LogP) is 1.70. The average Bonchev–Trinajstić information content (AvgIpc) is 2.98. The van der Waals surface area contributed by atoms with Crippen LogP contribution >= 0.6 is 11.5 Å². The highest BCUT2D eigenvalue weighted by Crippen LogP contribution is 2.19. The third-order valence-electron chi connectivity index (χ3n) is 3.69. The van der Waals surface area contributed by atoms with Crippen molar-refractivity contribution in [2.75, 3.05) is 13.1 Å². The minimum atomic E-state index is -0.0949. The predicted molar refractivity (Wildman–Crippen MR) is 79.2 cm³/mol. The highest BCUT2D eigenvalue weighted by Gasteiger charge is 2.20. The topological polar surface area (TPSA) is 55.2 Å². The van der Waals surface area contributed by atoms with E-state index in [4.69, 9.17) is 0 Å². The van der Waals surface area contributed by atoms with Crippen LogP contribution in [0.4, 0.5) is 0 Å². The van der Waals surface area contributed by atoms with Gasteiger partial charge >= 0.3 is 0 Å². The molecule has 2 aromatic rings. The van der Waals surface area contributed by atoms with Crippen LogP contribution in [0, 0.1) is 13.8 Å². The number of hydrogen-bond donors (Lipinski definition) is 0. The number of rotatable bonds is 2. The van der Waals surface area contributed by atoms with E-state index in [2.05, 4.69) is 4.98 Å². The second kappa shape index (κ2) is 5.01. The molecule has 0 atom stereocenters. The molecule has 1 amide bonds. The van der Waals surface area contributed by atoms with Crippen LogP contribution in [0.5, 0.6) is 0 Å². The second-order valence-electron chi connectivity index (χ2n) is 5.28. The first-order chi connectivity index (χ1) is 9.56. The molecule has 5 nitrogen and oxygen atoms in total. The Hall–Kier alpha value is -1.69. The van der Waals surface area contributed by atoms with Gasteiger partial charge in [-0.15, -0.1) is 0 Å². The van der Waals surface area contributed by atoms with E-state index in [-0.39, 0.29) is 18.0 Å². The SMILES string of the molecule is Cc1cc(C)c2c(=O)n(CC(=O)N3CCCC3)sc2n1. The number of aromatic nitrogens is 2. The Kier molecular flexibility index (Phi) is 3.33. The molecule has 106 valence electrons. The number of aryl methyl sites for hydroxylation is 2. The van der Waals surface area contributed by atoms with E-state index in [0.717, 1.165) is 42.0 Å². The quantitative estimate of drug-likeness (QED) is 0.846. The summed E-state index contributed by atoms with van der Waals surface area (Å²) in [5.41, 5.74) is 1.73. The van der Waals surface area contributed by atoms with Crippen LogP contribution in [-0.2, 0) is 11.3 Å². The van der Waals surface area contributed by atoms with Crippen molar-refractivity contribution in [2.45, 2.75) is 33.2 Å². The summed E-state index contributed by atoms with van der Waals surface area (Å²) in [6.45, 7) is 5.59. The van der Waals surface area contributed by atoms with E-state index in [1.165, 1.54) is 15.5 Å². The van der Waals surface area contributed by atoms with Gasteiger partial charge in [0.2, 0.25) is 5.91 Å². The summed E-state index contributed by atoms with van der Waals surface area (Å²) in [5.74, 6) is 0.0329. The van der Waals surface area contributed by atoms with Gasteiger partial charge in [-0.1, -0.05) is 0 Å². The van der Waals surface area contributed by atoms with Crippen LogP contribution in [0.1, 0.15) is 24.1 Å². The van der Waals surface area contributed by atoms with Crippen LogP contribution < -0.4 is 5.56 Å². The van der Waals surface area contributed by atoms with Crippen molar-refractivity contribution in [3.8, 4) is 0 Å². The normalized spacial score (nSPS) is 15.2. The lowest BCUT2D eigenvalue weighted by atomic mass is 10.2. The molecular formula is C14H17N3O2S. The summed E-state index contributed by atoms with van der Waals surface area (Å²) in [4.78, 5) is 31.5. The molecular weight excluding hydrogens is 274 g/mol. The van der Waals surface area contributed by atoms with Crippen LogP contribution in [0.3, 0.4) is 0 Å². The van der Waals surface area contributed by atoms with Gasteiger partial charge in [0.05, 0.1) is 5.39 Å². The molecule has 1 fully saturated rings. The Morgan fingerprint density at radius 2 is 2.05 bits per heavy atom. The zero-order valence-electron chi connectivity index (χ0n) is 11.7. The lowest BCUT2D eigenvalue weighted by Gasteiger charge is -2.14. The molecule has 20 heavy (non-hydrogen) atoms. The molecule has 0 N–H and O–H groups in total. The van der Waals surface area contributed by atoms with Crippen molar-refractivity contribution in [1.29, 1.82) is 0 Å². The summed E-state index contributed by atoms with van der Waals surface area (Å²) >= 11 is 1.28. The van der Waals surface area contributed by atoms with Gasteiger partial charge < -0.3 is 4.90 Å². The van der Waals surface area contributed by atoms with Gasteiger partial charge in [-0.25, -0.2) is 4.98 Å². The fraction of sp³-hybridized carbons (Fsp3) is 0.500. The molecule has 0 bridgehead atoms. The number of likely N-dealkylation sites (tertiary alicyclic amines) is 1. The summed E-state index contributed by atoms with van der Waals surface area (Å²) in [6.07, 6.45) is 2.12. The molecule has 0 aliphatic carbocycles. The Balaban J connectivity index is 1.96. The Morgan fingerprint density at radius 3 is 2.75 bits per heavy atom. The zero-order valence-corrected chi connectivity index (χ0v) is 12.5. The van der Waals surface area contributed by atoms with Crippen LogP contribution in [0.25, 0.3) is 10.2 Å². The first-order valence-corrected chi connectivity index (χ1v) is 7.59. The van der Waals surface area contributed by atoms with Gasteiger partial charge in [0.25, 0.3) is 5.56 Å². The monoisotopic (exact) mass is 291 g/mol. The first-order valence-electron chi connectivity index (χ1n) is 6.82. The average molecular weight is 291 g/mol. The Labute approximate surface area is 121 Å². The van der Waals surface area contributed by atoms with Gasteiger partial charge in [0.15, 0.2) is 0 Å². The number of pyridine rings is 1. The Morgan fingerprint density at radius 1 is 1.35 bits per heavy atom. The number of carbonyl (C=O) groups is 1. The second-order valence-corrected chi connectivity index (χ2v) is 6.29. The van der Waals surface area contributed by atoms with Crippen LogP contribution in [-0.4, -0.2) is 32.8 Å². The third-order valence-corrected chi connectivity index (χ3v) is 4.67. The van der Waals surface area contributed by atoms with E-state index in [9.17, 15) is 9.59 Å². The van der Waals surface area contributed by atoms with Crippen molar-refractivity contribution in [1.82, 2.24) is 13.8 Å². The summed E-state index contributed by atoms with van der Waals surface area (Å²) in [7, 11) is 0. The number of carbonyl (C=O) groups excluding carboxylic acids is 1. The minimum absolute atomic E-state index is 0.0329. The molecule has 0 saturated carbocycles. The molecule has 2 aromatic heterocycles. The molecule has 3 heterocycles. The standard InChI is InChI=1S/C14H17N3O2S/c1-9-7-10(2)15-13-12(9)14(19)17(20-13)8-11(18)16-5-3-4-6-16/h7H,3-6,8H2,1-2H3. The summed E-state index contributed by atoms with van der Waals surface area (Å²) < 4.78 is 1.53. The van der Waals surface area contributed by atoms with Gasteiger partial charge in [-0.3, -0.25) is 13.5 Å². The summed E-state index contributed by atoms with van der Waals surface area (Å²) in [5, 5.41) is 0.648. The smallest absolute Gasteiger partial charge is 0.270 e. The maximum atomic E-state index is 12.4. The van der Waals surface area contributed by atoms with E-state index < -0.39 is 0 Å². The summed E-state index contributed by atoms with van der Waals surface area (Å²) in [6, 6.07) is 1.91. The molecule has 3 rings (SSSR count). The third kappa shape index (κ3) is 2.24. The minimum Gasteiger partial charge on any atom is -0.341 e. The van der Waals surface area contributed by atoms with E-state index in [1.54, 1.807) is 0 Å². The van der Waals surface area contributed by atoms with E-state index >= 15 is 0 Å². The highest BCUT2D eigenvalue weighted by atomic mass is 32.1. The molecule has 1 saturated heterocycles. The van der Waals surface area contributed by atoms with Gasteiger partial charge in [0.1, 0.15) is 11.4 Å². The number of hydrogen-bond acceptors (Lipinski definition) is 4. The molecule has 6 heteroatoms. The molecule has 1 aliphatic rings. The highest BCUT2D eigenvalue weighted by molar-refractivity contribution is 7.13. The maximum absolute atomic E-state index is 12.4. The first kappa shape index (κ1) is 13.3. The number of amides is 1. The van der Waals surface area contributed by atoms with E-state index in [0.29, 0.717) is 5.39 Å². The Bertz CT molecular complexity index is 726. The van der Waals surface area contributed by atoms with E-state index in [1.807, 2.05) is 24.8 Å². The van der Waals surface area contributed by atoms with Crippen LogP contribution in [0.2, 0.25) is 0 Å². The maximum Gasteiger partial charge on any atom is 0.270 e. The van der Waals surface area contributed by atoms with Crippen molar-refractivity contribution in [3.63, 3.8) is 0 Å². The molecule has 0 spiro atoms. The van der Waals surface area contributed by atoms with Gasteiger partial charge in [-0.2, -0.15) is 0 Å². The van der Waals surface area contributed by atoms with Crippen LogP contribution in [0.15, 0.2) is 10.9 Å². The lowest BCUT2D eigenvalue weighted by Crippen LogP contribution is -2.32. The fourth-order valence-corrected chi connectivity index (χ4v) is 3.78. The van der Waals surface area contributed by atoms with Gasteiger partial charge in [0, 0.05) is 18.8 Å². The molecule has 1 aliphatic heterocycles. The molecule has 0 aromatic carbocycles. The largest absolute Gasteiger partial charge is 0.341 e. The molecule has 0 radical (unpaired) electrons. The van der Waals surface area contributed by atoms with Crippen molar-refractivity contribution >= 4 is 27.7 Å². The number of nitrogens with zero attached hydrogens (tertiary/aromatic N) is 3. The lowest BCUT2D eigenvalue weighted by molar-refractivity contribution is -0.130. The van der Waals surface area contributed by atoms with Crippen molar-refractivity contribution in [2.24, 2.45) is 0 Å². The fourth-order valence-electron chi connectivity index (χ4n) is 2.69. The van der Waals surface area contributed by atoms with Crippen molar-refractivity contribution < 1.29 is 4.79 Å².